The molecule has 0 spiro atoms. The van der Waals surface area contributed by atoms with Crippen molar-refractivity contribution in [1.29, 1.82) is 0 Å². The fraction of sp³-hybridized carbons (Fsp3) is 0.273. The number of amides is 1. The predicted octanol–water partition coefficient (Wildman–Crippen LogP) is 0.988. The summed E-state index contributed by atoms with van der Waals surface area (Å²) >= 11 is 0. The average Bonchev–Trinajstić information content (AvgIpc) is 2.65. The summed E-state index contributed by atoms with van der Waals surface area (Å²) in [6.07, 6.45) is 0.783. The van der Waals surface area contributed by atoms with E-state index in [4.69, 9.17) is 5.11 Å². The first-order valence-electron chi connectivity index (χ1n) is 4.79. The van der Waals surface area contributed by atoms with Crippen molar-refractivity contribution in [3.05, 3.63) is 35.4 Å². The second kappa shape index (κ2) is 3.73. The van der Waals surface area contributed by atoms with Crippen LogP contribution in [0.4, 0.5) is 0 Å². The van der Waals surface area contributed by atoms with E-state index in [9.17, 15) is 9.59 Å². The van der Waals surface area contributed by atoms with Crippen molar-refractivity contribution in [2.45, 2.75) is 12.3 Å². The van der Waals surface area contributed by atoms with Gasteiger partial charge in [0.15, 0.2) is 0 Å². The van der Waals surface area contributed by atoms with Crippen LogP contribution in [0.1, 0.15) is 28.3 Å². The van der Waals surface area contributed by atoms with E-state index in [2.05, 4.69) is 5.32 Å². The Bertz CT molecular complexity index is 397. The maximum atomic E-state index is 11.4. The molecule has 2 N–H and O–H groups in total. The Morgan fingerprint density at radius 2 is 2.00 bits per heavy atom. The summed E-state index contributed by atoms with van der Waals surface area (Å²) in [5.41, 5.74) is 1.13. The van der Waals surface area contributed by atoms with Crippen LogP contribution in [-0.2, 0) is 4.79 Å². The summed E-state index contributed by atoms with van der Waals surface area (Å²) < 4.78 is 0. The molecule has 0 radical (unpaired) electrons. The summed E-state index contributed by atoms with van der Waals surface area (Å²) in [5, 5.41) is 11.5. The average molecular weight is 205 g/mol. The van der Waals surface area contributed by atoms with Crippen LogP contribution in [0.5, 0.6) is 0 Å². The molecule has 2 rings (SSSR count). The molecule has 1 saturated heterocycles. The van der Waals surface area contributed by atoms with Gasteiger partial charge in [-0.3, -0.25) is 4.79 Å². The zero-order valence-electron chi connectivity index (χ0n) is 8.06. The molecule has 78 valence electrons. The molecule has 4 nitrogen and oxygen atoms in total. The number of aromatic carboxylic acids is 1. The van der Waals surface area contributed by atoms with Gasteiger partial charge in [0.05, 0.1) is 11.5 Å². The third-order valence-corrected chi connectivity index (χ3v) is 2.61. The van der Waals surface area contributed by atoms with Crippen molar-refractivity contribution in [2.75, 3.05) is 6.54 Å². The van der Waals surface area contributed by atoms with Crippen LogP contribution in [0.2, 0.25) is 0 Å². The molecule has 1 atom stereocenters. The van der Waals surface area contributed by atoms with Gasteiger partial charge < -0.3 is 10.4 Å². The Balaban J connectivity index is 2.23. The Morgan fingerprint density at radius 1 is 1.33 bits per heavy atom. The maximum Gasteiger partial charge on any atom is 0.335 e. The molecule has 1 aromatic rings. The zero-order chi connectivity index (χ0) is 10.8. The Hall–Kier alpha value is -1.84. The lowest BCUT2D eigenvalue weighted by atomic mass is 9.97. The number of hydrogen-bond acceptors (Lipinski definition) is 2. The first-order valence-corrected chi connectivity index (χ1v) is 4.79. The molecule has 1 unspecified atom stereocenters. The van der Waals surface area contributed by atoms with Gasteiger partial charge in [0.1, 0.15) is 0 Å². The van der Waals surface area contributed by atoms with Crippen molar-refractivity contribution in [3.8, 4) is 0 Å². The zero-order valence-corrected chi connectivity index (χ0v) is 8.06. The van der Waals surface area contributed by atoms with E-state index in [1.807, 2.05) is 0 Å². The molecular formula is C11H11NO3. The largest absolute Gasteiger partial charge is 0.478 e. The SMILES string of the molecule is O=C(O)c1ccc(C2CCNC2=O)cc1. The van der Waals surface area contributed by atoms with Crippen LogP contribution in [-0.4, -0.2) is 23.5 Å². The van der Waals surface area contributed by atoms with Gasteiger partial charge >= 0.3 is 5.97 Å². The molecule has 0 aromatic heterocycles. The monoisotopic (exact) mass is 205 g/mol. The van der Waals surface area contributed by atoms with E-state index in [1.54, 1.807) is 12.1 Å². The second-order valence-electron chi connectivity index (χ2n) is 3.56. The second-order valence-corrected chi connectivity index (χ2v) is 3.56. The fourth-order valence-corrected chi connectivity index (χ4v) is 1.77. The highest BCUT2D eigenvalue weighted by Gasteiger charge is 2.25. The highest BCUT2D eigenvalue weighted by molar-refractivity contribution is 5.88. The van der Waals surface area contributed by atoms with Gasteiger partial charge in [-0.2, -0.15) is 0 Å². The van der Waals surface area contributed by atoms with Gasteiger partial charge in [-0.15, -0.1) is 0 Å². The lowest BCUT2D eigenvalue weighted by Crippen LogP contribution is -2.17. The van der Waals surface area contributed by atoms with Crippen LogP contribution < -0.4 is 5.32 Å². The van der Waals surface area contributed by atoms with Gasteiger partial charge in [-0.1, -0.05) is 12.1 Å². The van der Waals surface area contributed by atoms with E-state index in [-0.39, 0.29) is 17.4 Å². The third-order valence-electron chi connectivity index (χ3n) is 2.61. The lowest BCUT2D eigenvalue weighted by molar-refractivity contribution is -0.120. The molecule has 1 aromatic carbocycles. The molecular weight excluding hydrogens is 194 g/mol. The molecule has 0 saturated carbocycles. The number of carbonyl (C=O) groups is 2. The fourth-order valence-electron chi connectivity index (χ4n) is 1.77. The van der Waals surface area contributed by atoms with Crippen LogP contribution in [0.25, 0.3) is 0 Å². The van der Waals surface area contributed by atoms with Gasteiger partial charge in [0, 0.05) is 6.54 Å². The van der Waals surface area contributed by atoms with Crippen LogP contribution in [0.15, 0.2) is 24.3 Å². The maximum absolute atomic E-state index is 11.4. The molecule has 1 fully saturated rings. The molecule has 0 aliphatic carbocycles. The summed E-state index contributed by atoms with van der Waals surface area (Å²) in [5.74, 6) is -1.04. The Morgan fingerprint density at radius 3 is 2.47 bits per heavy atom. The minimum Gasteiger partial charge on any atom is -0.478 e. The summed E-state index contributed by atoms with van der Waals surface area (Å²) in [6, 6.07) is 6.48. The number of hydrogen-bond donors (Lipinski definition) is 2. The topological polar surface area (TPSA) is 66.4 Å². The van der Waals surface area contributed by atoms with E-state index in [0.717, 1.165) is 12.0 Å². The highest BCUT2D eigenvalue weighted by Crippen LogP contribution is 2.23. The quantitative estimate of drug-likeness (QED) is 0.756. The molecule has 0 bridgehead atoms. The van der Waals surface area contributed by atoms with Gasteiger partial charge in [0.2, 0.25) is 5.91 Å². The van der Waals surface area contributed by atoms with Crippen LogP contribution in [0, 0.1) is 0 Å². The number of carboxylic acid groups (broad SMARTS) is 1. The predicted molar refractivity (Wildman–Crippen MR) is 53.8 cm³/mol. The van der Waals surface area contributed by atoms with Crippen molar-refractivity contribution in [1.82, 2.24) is 5.32 Å². The standard InChI is InChI=1S/C11H11NO3/c13-10-9(5-6-12-10)7-1-3-8(4-2-7)11(14)15/h1-4,9H,5-6H2,(H,12,13)(H,14,15). The van der Waals surface area contributed by atoms with E-state index >= 15 is 0 Å². The summed E-state index contributed by atoms with van der Waals surface area (Å²) in [7, 11) is 0. The molecule has 1 aliphatic heterocycles. The first-order chi connectivity index (χ1) is 7.18. The van der Waals surface area contributed by atoms with Gasteiger partial charge in [-0.05, 0) is 24.1 Å². The van der Waals surface area contributed by atoms with Gasteiger partial charge in [0.25, 0.3) is 0 Å². The van der Waals surface area contributed by atoms with Crippen molar-refractivity contribution in [3.63, 3.8) is 0 Å². The summed E-state index contributed by atoms with van der Waals surface area (Å²) in [4.78, 5) is 22.0. The van der Waals surface area contributed by atoms with Gasteiger partial charge in [-0.25, -0.2) is 4.79 Å². The summed E-state index contributed by atoms with van der Waals surface area (Å²) in [6.45, 7) is 0.699. The normalized spacial score (nSPS) is 20.0. The molecule has 1 amide bonds. The first kappa shape index (κ1) is 9.71. The molecule has 1 aliphatic rings. The number of carboxylic acids is 1. The molecule has 4 heteroatoms. The minimum absolute atomic E-state index is 0.0260. The third kappa shape index (κ3) is 1.83. The van der Waals surface area contributed by atoms with Crippen LogP contribution >= 0.6 is 0 Å². The minimum atomic E-state index is -0.947. The Kier molecular flexibility index (Phi) is 2.41. The number of nitrogens with one attached hydrogen (secondary N) is 1. The lowest BCUT2D eigenvalue weighted by Gasteiger charge is -2.06. The molecule has 15 heavy (non-hydrogen) atoms. The van der Waals surface area contributed by atoms with E-state index < -0.39 is 5.97 Å². The van der Waals surface area contributed by atoms with Crippen molar-refractivity contribution >= 4 is 11.9 Å². The molecule has 1 heterocycles. The Labute approximate surface area is 86.9 Å². The van der Waals surface area contributed by atoms with E-state index in [0.29, 0.717) is 6.54 Å². The number of rotatable bonds is 2. The number of carbonyl (C=O) groups excluding carboxylic acids is 1. The number of benzene rings is 1. The van der Waals surface area contributed by atoms with E-state index in [1.165, 1.54) is 12.1 Å². The van der Waals surface area contributed by atoms with Crippen molar-refractivity contribution < 1.29 is 14.7 Å². The van der Waals surface area contributed by atoms with Crippen molar-refractivity contribution in [2.24, 2.45) is 0 Å². The highest BCUT2D eigenvalue weighted by atomic mass is 16.4. The van der Waals surface area contributed by atoms with Crippen LogP contribution in [0.3, 0.4) is 0 Å². The smallest absolute Gasteiger partial charge is 0.335 e.